The molecule has 0 N–H and O–H groups in total. The zero-order valence-electron chi connectivity index (χ0n) is 10.8. The molecule has 1 aliphatic heterocycles. The summed E-state index contributed by atoms with van der Waals surface area (Å²) >= 11 is 0. The lowest BCUT2D eigenvalue weighted by Crippen LogP contribution is -2.28. The lowest BCUT2D eigenvalue weighted by Gasteiger charge is -2.20. The van der Waals surface area contributed by atoms with E-state index in [1.165, 1.54) is 22.9 Å². The van der Waals surface area contributed by atoms with Crippen molar-refractivity contribution < 1.29 is 9.22 Å². The van der Waals surface area contributed by atoms with Gasteiger partial charge in [0.2, 0.25) is 14.1 Å². The molecule has 0 amide bonds. The third-order valence-corrected chi connectivity index (χ3v) is 8.49. The molecular formula is C12H20O2Si2. The van der Waals surface area contributed by atoms with Crippen molar-refractivity contribution in [2.24, 2.45) is 0 Å². The summed E-state index contributed by atoms with van der Waals surface area (Å²) in [6, 6.07) is 1.26. The van der Waals surface area contributed by atoms with Crippen molar-refractivity contribution in [3.8, 4) is 0 Å². The molecule has 2 nitrogen and oxygen atoms in total. The van der Waals surface area contributed by atoms with Gasteiger partial charge in [0.1, 0.15) is 8.07 Å². The molecule has 1 saturated heterocycles. The molecule has 0 spiro atoms. The van der Waals surface area contributed by atoms with Gasteiger partial charge in [-0.05, 0) is 42.2 Å². The number of carbonyl (C=O) groups excluding carboxylic acids is 1. The van der Waals surface area contributed by atoms with E-state index < -0.39 is 16.4 Å². The van der Waals surface area contributed by atoms with Crippen molar-refractivity contribution in [1.82, 2.24) is 0 Å². The van der Waals surface area contributed by atoms with Crippen LogP contribution < -0.4 is 0 Å². The smallest absolute Gasteiger partial charge is 0.242 e. The Kier molecular flexibility index (Phi) is 2.55. The van der Waals surface area contributed by atoms with Crippen molar-refractivity contribution in [2.45, 2.75) is 45.6 Å². The van der Waals surface area contributed by atoms with E-state index in [0.29, 0.717) is 0 Å². The molecular weight excluding hydrogens is 232 g/mol. The lowest BCUT2D eigenvalue weighted by atomic mass is 10.4. The van der Waals surface area contributed by atoms with Crippen LogP contribution in [0.2, 0.25) is 32.2 Å². The van der Waals surface area contributed by atoms with Crippen LogP contribution in [-0.4, -0.2) is 22.2 Å². The van der Waals surface area contributed by atoms with E-state index in [0.717, 1.165) is 5.76 Å². The van der Waals surface area contributed by atoms with Crippen LogP contribution in [0, 0.1) is 0 Å². The first-order valence-corrected chi connectivity index (χ1v) is 12.1. The zero-order valence-corrected chi connectivity index (χ0v) is 12.8. The average Bonchev–Trinajstić information content (AvgIpc) is 2.47. The molecule has 88 valence electrons. The quantitative estimate of drug-likeness (QED) is 0.718. The second-order valence-corrected chi connectivity index (χ2v) is 14.6. The van der Waals surface area contributed by atoms with Gasteiger partial charge in [0.05, 0.1) is 0 Å². The molecule has 16 heavy (non-hydrogen) atoms. The fourth-order valence-corrected chi connectivity index (χ4v) is 7.80. The number of hydrogen-bond acceptors (Lipinski definition) is 2. The van der Waals surface area contributed by atoms with Gasteiger partial charge in [-0.25, -0.2) is 0 Å². The van der Waals surface area contributed by atoms with Gasteiger partial charge in [-0.1, -0.05) is 19.9 Å². The van der Waals surface area contributed by atoms with E-state index >= 15 is 0 Å². The highest BCUT2D eigenvalue weighted by molar-refractivity contribution is 7.07. The molecule has 0 aromatic carbocycles. The number of hydrogen-bond donors (Lipinski definition) is 0. The van der Waals surface area contributed by atoms with E-state index in [4.69, 9.17) is 4.43 Å². The summed E-state index contributed by atoms with van der Waals surface area (Å²) in [6.45, 7) is 11.0. The van der Waals surface area contributed by atoms with E-state index in [-0.39, 0.29) is 5.78 Å². The summed E-state index contributed by atoms with van der Waals surface area (Å²) in [7, 11) is -3.00. The van der Waals surface area contributed by atoms with Crippen molar-refractivity contribution in [2.75, 3.05) is 0 Å². The largest absolute Gasteiger partial charge is 0.542 e. The highest BCUT2D eigenvalue weighted by Gasteiger charge is 2.59. The maximum absolute atomic E-state index is 11.8. The van der Waals surface area contributed by atoms with Crippen LogP contribution >= 0.6 is 0 Å². The number of ketones is 1. The molecule has 0 aromatic heterocycles. The van der Waals surface area contributed by atoms with Gasteiger partial charge in [0.15, 0.2) is 5.76 Å². The second-order valence-electron chi connectivity index (χ2n) is 5.92. The normalized spacial score (nSPS) is 28.1. The number of fused-ring (bicyclic) bond motifs is 1. The third-order valence-electron chi connectivity index (χ3n) is 3.24. The number of rotatable bonds is 4. The van der Waals surface area contributed by atoms with Gasteiger partial charge in [0.25, 0.3) is 0 Å². The highest BCUT2D eigenvalue weighted by Crippen LogP contribution is 2.55. The Morgan fingerprint density at radius 1 is 1.38 bits per heavy atom. The van der Waals surface area contributed by atoms with Crippen molar-refractivity contribution >= 4 is 22.2 Å². The molecule has 1 aliphatic carbocycles. The predicted molar refractivity (Wildman–Crippen MR) is 71.3 cm³/mol. The van der Waals surface area contributed by atoms with Crippen molar-refractivity contribution in [1.29, 1.82) is 0 Å². The van der Waals surface area contributed by atoms with Crippen LogP contribution in [0.3, 0.4) is 0 Å². The van der Waals surface area contributed by atoms with Crippen LogP contribution in [0.5, 0.6) is 0 Å². The minimum absolute atomic E-state index is 0.119. The molecule has 2 aliphatic rings. The van der Waals surface area contributed by atoms with Gasteiger partial charge < -0.3 is 4.43 Å². The van der Waals surface area contributed by atoms with Gasteiger partial charge in [-0.3, -0.25) is 4.79 Å². The van der Waals surface area contributed by atoms with Crippen molar-refractivity contribution in [3.05, 3.63) is 22.2 Å². The Morgan fingerprint density at radius 3 is 2.50 bits per heavy atom. The Labute approximate surface area is 99.5 Å². The van der Waals surface area contributed by atoms with Gasteiger partial charge in [-0.15, -0.1) is 0 Å². The minimum Gasteiger partial charge on any atom is -0.542 e. The molecule has 1 unspecified atom stereocenters. The second kappa shape index (κ2) is 3.44. The SMILES string of the molecule is CCC[Si]1(C)C2=CC(=O)C(O[Si](C)(C)C)=C21. The monoisotopic (exact) mass is 252 g/mol. The Morgan fingerprint density at radius 2 is 2.00 bits per heavy atom. The van der Waals surface area contributed by atoms with Crippen LogP contribution in [0.4, 0.5) is 0 Å². The van der Waals surface area contributed by atoms with Gasteiger partial charge in [0, 0.05) is 0 Å². The molecule has 1 fully saturated rings. The highest BCUT2D eigenvalue weighted by atomic mass is 28.4. The van der Waals surface area contributed by atoms with Gasteiger partial charge in [-0.2, -0.15) is 0 Å². The fourth-order valence-electron chi connectivity index (χ4n) is 2.53. The predicted octanol–water partition coefficient (Wildman–Crippen LogP) is 3.18. The molecule has 0 saturated carbocycles. The van der Waals surface area contributed by atoms with Crippen LogP contribution in [0.15, 0.2) is 22.2 Å². The van der Waals surface area contributed by atoms with Crippen molar-refractivity contribution in [3.63, 3.8) is 0 Å². The molecule has 1 heterocycles. The molecule has 0 aromatic rings. The Bertz CT molecular complexity index is 415. The van der Waals surface area contributed by atoms with E-state index in [9.17, 15) is 4.79 Å². The summed E-state index contributed by atoms with van der Waals surface area (Å²) in [5.41, 5.74) is 0. The summed E-state index contributed by atoms with van der Waals surface area (Å²) in [5, 5.41) is 2.70. The first-order valence-electron chi connectivity index (χ1n) is 6.00. The maximum Gasteiger partial charge on any atom is 0.242 e. The average molecular weight is 252 g/mol. The van der Waals surface area contributed by atoms with Crippen LogP contribution in [-0.2, 0) is 9.22 Å². The summed E-state index contributed by atoms with van der Waals surface area (Å²) in [5.74, 6) is 0.838. The van der Waals surface area contributed by atoms with E-state index in [2.05, 4.69) is 33.1 Å². The summed E-state index contributed by atoms with van der Waals surface area (Å²) < 4.78 is 5.96. The molecule has 1 atom stereocenters. The van der Waals surface area contributed by atoms with Crippen LogP contribution in [0.1, 0.15) is 13.3 Å². The zero-order chi connectivity index (χ0) is 12.1. The maximum atomic E-state index is 11.8. The minimum atomic E-state index is -1.65. The van der Waals surface area contributed by atoms with Crippen LogP contribution in [0.25, 0.3) is 0 Å². The number of allylic oxidation sites excluding steroid dienone is 3. The summed E-state index contributed by atoms with van der Waals surface area (Å²) in [6.07, 6.45) is 3.05. The Balaban J connectivity index is 2.26. The Hall–Kier alpha value is -0.616. The lowest BCUT2D eigenvalue weighted by molar-refractivity contribution is -0.113. The summed E-state index contributed by atoms with van der Waals surface area (Å²) in [4.78, 5) is 11.8. The molecule has 2 rings (SSSR count). The van der Waals surface area contributed by atoms with E-state index in [1.807, 2.05) is 6.08 Å². The number of carbonyl (C=O) groups is 1. The first kappa shape index (κ1) is 11.9. The molecule has 0 bridgehead atoms. The first-order chi connectivity index (χ1) is 7.29. The molecule has 4 heteroatoms. The van der Waals surface area contributed by atoms with Gasteiger partial charge >= 0.3 is 0 Å². The topological polar surface area (TPSA) is 26.3 Å². The fraction of sp³-hybridized carbons (Fsp3) is 0.583. The van der Waals surface area contributed by atoms with E-state index in [1.54, 1.807) is 0 Å². The third kappa shape index (κ3) is 1.74. The molecule has 0 radical (unpaired) electrons. The standard InChI is InChI=1S/C12H20O2Si2/c1-6-7-16(5)10-8-9(13)11(12(10)16)14-15(2,3)4/h8H,6-7H2,1-5H3.